The standard InChI is InChI=1S/C12H12ClFO3/c1-2-17-12(16)9-4-3-8(7-10(9)14)11(15)5-6-13/h3-4,7H,2,5-6H2,1H3. The van der Waals surface area contributed by atoms with E-state index < -0.39 is 11.8 Å². The molecule has 0 aromatic heterocycles. The first-order valence-electron chi connectivity index (χ1n) is 5.16. The Morgan fingerprint density at radius 2 is 2.12 bits per heavy atom. The summed E-state index contributed by atoms with van der Waals surface area (Å²) < 4.78 is 18.2. The number of rotatable bonds is 5. The summed E-state index contributed by atoms with van der Waals surface area (Å²) in [6.07, 6.45) is 0.139. The number of alkyl halides is 1. The van der Waals surface area contributed by atoms with Crippen LogP contribution in [0.15, 0.2) is 18.2 Å². The Balaban J connectivity index is 2.93. The number of halogens is 2. The fourth-order valence-electron chi connectivity index (χ4n) is 1.29. The molecule has 0 aliphatic heterocycles. The van der Waals surface area contributed by atoms with Gasteiger partial charge in [0.2, 0.25) is 0 Å². The van der Waals surface area contributed by atoms with Crippen molar-refractivity contribution in [2.75, 3.05) is 12.5 Å². The molecule has 1 aromatic carbocycles. The second-order valence-corrected chi connectivity index (χ2v) is 3.66. The van der Waals surface area contributed by atoms with Gasteiger partial charge in [0, 0.05) is 17.9 Å². The zero-order valence-electron chi connectivity index (χ0n) is 9.33. The number of hydrogen-bond acceptors (Lipinski definition) is 3. The molecule has 0 fully saturated rings. The second kappa shape index (κ2) is 6.35. The Kier molecular flexibility index (Phi) is 5.10. The molecular formula is C12H12ClFO3. The molecule has 1 rings (SSSR count). The van der Waals surface area contributed by atoms with Crippen molar-refractivity contribution in [1.29, 1.82) is 0 Å². The van der Waals surface area contributed by atoms with E-state index in [4.69, 9.17) is 11.6 Å². The summed E-state index contributed by atoms with van der Waals surface area (Å²) in [6, 6.07) is 3.67. The van der Waals surface area contributed by atoms with Crippen LogP contribution in [0.2, 0.25) is 0 Å². The van der Waals surface area contributed by atoms with Crippen molar-refractivity contribution in [3.63, 3.8) is 0 Å². The Morgan fingerprint density at radius 1 is 1.41 bits per heavy atom. The molecule has 0 bridgehead atoms. The molecule has 92 valence electrons. The maximum Gasteiger partial charge on any atom is 0.341 e. The predicted molar refractivity (Wildman–Crippen MR) is 62.0 cm³/mol. The Hall–Kier alpha value is -1.42. The third kappa shape index (κ3) is 3.53. The van der Waals surface area contributed by atoms with Gasteiger partial charge < -0.3 is 4.74 Å². The first kappa shape index (κ1) is 13.6. The number of ketones is 1. The van der Waals surface area contributed by atoms with E-state index in [1.165, 1.54) is 12.1 Å². The fourth-order valence-corrected chi connectivity index (χ4v) is 1.46. The van der Waals surface area contributed by atoms with E-state index in [1.807, 2.05) is 0 Å². The minimum absolute atomic E-state index is 0.139. The van der Waals surface area contributed by atoms with E-state index in [-0.39, 0.29) is 35.8 Å². The van der Waals surface area contributed by atoms with Crippen molar-refractivity contribution < 1.29 is 18.7 Å². The Bertz CT molecular complexity index is 432. The van der Waals surface area contributed by atoms with Crippen LogP contribution < -0.4 is 0 Å². The summed E-state index contributed by atoms with van der Waals surface area (Å²) in [4.78, 5) is 22.7. The van der Waals surface area contributed by atoms with Gasteiger partial charge in [-0.15, -0.1) is 11.6 Å². The van der Waals surface area contributed by atoms with Gasteiger partial charge >= 0.3 is 5.97 Å². The molecule has 0 atom stereocenters. The van der Waals surface area contributed by atoms with Crippen molar-refractivity contribution in [3.8, 4) is 0 Å². The van der Waals surface area contributed by atoms with E-state index in [1.54, 1.807) is 6.92 Å². The van der Waals surface area contributed by atoms with E-state index in [0.29, 0.717) is 0 Å². The maximum atomic E-state index is 13.5. The molecule has 0 saturated heterocycles. The highest BCUT2D eigenvalue weighted by Gasteiger charge is 2.15. The maximum absolute atomic E-state index is 13.5. The molecule has 3 nitrogen and oxygen atoms in total. The van der Waals surface area contributed by atoms with Gasteiger partial charge in [0.1, 0.15) is 5.82 Å². The molecule has 1 aromatic rings. The number of hydrogen-bond donors (Lipinski definition) is 0. The number of carbonyl (C=O) groups is 2. The van der Waals surface area contributed by atoms with Crippen molar-refractivity contribution >= 4 is 23.4 Å². The van der Waals surface area contributed by atoms with Crippen molar-refractivity contribution in [2.24, 2.45) is 0 Å². The van der Waals surface area contributed by atoms with Gasteiger partial charge in [0.25, 0.3) is 0 Å². The van der Waals surface area contributed by atoms with Crippen LogP contribution in [0.25, 0.3) is 0 Å². The molecule has 0 aliphatic carbocycles. The van der Waals surface area contributed by atoms with E-state index in [0.717, 1.165) is 6.07 Å². The van der Waals surface area contributed by atoms with Gasteiger partial charge in [-0.1, -0.05) is 6.07 Å². The van der Waals surface area contributed by atoms with Crippen molar-refractivity contribution in [1.82, 2.24) is 0 Å². The summed E-state index contributed by atoms with van der Waals surface area (Å²) in [5.41, 5.74) is 0.0328. The normalized spacial score (nSPS) is 10.1. The van der Waals surface area contributed by atoms with E-state index in [2.05, 4.69) is 4.74 Å². The molecule has 0 amide bonds. The fraction of sp³-hybridized carbons (Fsp3) is 0.333. The lowest BCUT2D eigenvalue weighted by Gasteiger charge is -2.04. The van der Waals surface area contributed by atoms with Crippen molar-refractivity contribution in [3.05, 3.63) is 35.1 Å². The molecule has 0 unspecified atom stereocenters. The number of carbonyl (C=O) groups excluding carboxylic acids is 2. The summed E-state index contributed by atoms with van der Waals surface area (Å²) in [6.45, 7) is 1.80. The number of benzene rings is 1. The topological polar surface area (TPSA) is 43.4 Å². The molecule has 0 saturated carbocycles. The summed E-state index contributed by atoms with van der Waals surface area (Å²) in [5, 5.41) is 0. The van der Waals surface area contributed by atoms with Gasteiger partial charge in [0.15, 0.2) is 5.78 Å². The van der Waals surface area contributed by atoms with Crippen molar-refractivity contribution in [2.45, 2.75) is 13.3 Å². The highest BCUT2D eigenvalue weighted by molar-refractivity contribution is 6.19. The SMILES string of the molecule is CCOC(=O)c1ccc(C(=O)CCCl)cc1F. The number of esters is 1. The van der Waals surface area contributed by atoms with Crippen LogP contribution in [0, 0.1) is 5.82 Å². The van der Waals surface area contributed by atoms with Gasteiger partial charge in [0.05, 0.1) is 12.2 Å². The molecule has 0 heterocycles. The third-order valence-corrected chi connectivity index (χ3v) is 2.30. The Labute approximate surface area is 104 Å². The highest BCUT2D eigenvalue weighted by Crippen LogP contribution is 2.13. The smallest absolute Gasteiger partial charge is 0.341 e. The largest absolute Gasteiger partial charge is 0.462 e. The lowest BCUT2D eigenvalue weighted by atomic mass is 10.1. The average molecular weight is 259 g/mol. The first-order valence-corrected chi connectivity index (χ1v) is 5.69. The summed E-state index contributed by atoms with van der Waals surface area (Å²) >= 11 is 5.42. The minimum atomic E-state index is -0.760. The van der Waals surface area contributed by atoms with Gasteiger partial charge in [-0.25, -0.2) is 9.18 Å². The number of ether oxygens (including phenoxy) is 1. The van der Waals surface area contributed by atoms with E-state index >= 15 is 0 Å². The van der Waals surface area contributed by atoms with Crippen LogP contribution in [0.3, 0.4) is 0 Å². The van der Waals surface area contributed by atoms with E-state index in [9.17, 15) is 14.0 Å². The van der Waals surface area contributed by atoms with Crippen LogP contribution in [0.5, 0.6) is 0 Å². The zero-order valence-corrected chi connectivity index (χ0v) is 10.1. The molecule has 0 radical (unpaired) electrons. The van der Waals surface area contributed by atoms with Crippen LogP contribution in [-0.4, -0.2) is 24.2 Å². The molecule has 0 spiro atoms. The Morgan fingerprint density at radius 3 is 2.65 bits per heavy atom. The summed E-state index contributed by atoms with van der Waals surface area (Å²) in [5.74, 6) is -1.57. The third-order valence-electron chi connectivity index (χ3n) is 2.11. The molecule has 0 N–H and O–H groups in total. The quantitative estimate of drug-likeness (QED) is 0.463. The van der Waals surface area contributed by atoms with Crippen LogP contribution >= 0.6 is 11.6 Å². The second-order valence-electron chi connectivity index (χ2n) is 3.28. The first-order chi connectivity index (χ1) is 8.10. The molecule has 17 heavy (non-hydrogen) atoms. The monoisotopic (exact) mass is 258 g/mol. The van der Waals surface area contributed by atoms with Gasteiger partial charge in [-0.05, 0) is 19.1 Å². The molecule has 0 aliphatic rings. The van der Waals surface area contributed by atoms with Crippen LogP contribution in [0.4, 0.5) is 4.39 Å². The average Bonchev–Trinajstić information content (AvgIpc) is 2.29. The lowest BCUT2D eigenvalue weighted by Crippen LogP contribution is -2.09. The minimum Gasteiger partial charge on any atom is -0.462 e. The predicted octanol–water partition coefficient (Wildman–Crippen LogP) is 2.81. The van der Waals surface area contributed by atoms with Gasteiger partial charge in [-0.2, -0.15) is 0 Å². The molecule has 5 heteroatoms. The zero-order chi connectivity index (χ0) is 12.8. The number of Topliss-reactive ketones (excluding diaryl/α,β-unsaturated/α-hetero) is 1. The summed E-state index contributed by atoms with van der Waals surface area (Å²) in [7, 11) is 0. The van der Waals surface area contributed by atoms with Gasteiger partial charge in [-0.3, -0.25) is 4.79 Å². The van der Waals surface area contributed by atoms with Crippen LogP contribution in [0.1, 0.15) is 34.1 Å². The lowest BCUT2D eigenvalue weighted by molar-refractivity contribution is 0.0520. The highest BCUT2D eigenvalue weighted by atomic mass is 35.5. The van der Waals surface area contributed by atoms with Crippen LogP contribution in [-0.2, 0) is 4.74 Å². The molecular weight excluding hydrogens is 247 g/mol.